The van der Waals surface area contributed by atoms with Crippen molar-refractivity contribution in [1.29, 1.82) is 0 Å². The Morgan fingerprint density at radius 1 is 1.00 bits per heavy atom. The fourth-order valence-electron chi connectivity index (χ4n) is 3.88. The molecule has 0 unspecified atom stereocenters. The minimum atomic E-state index is -0.544. The van der Waals surface area contributed by atoms with E-state index in [2.05, 4.69) is 21.2 Å². The molecule has 152 valence electrons. The number of pyridine rings is 1. The molecule has 1 aliphatic rings. The number of anilines is 1. The maximum absolute atomic E-state index is 13.5. The second-order valence-corrected chi connectivity index (χ2v) is 9.12. The normalized spacial score (nSPS) is 14.8. The number of halogens is 1. The van der Waals surface area contributed by atoms with Gasteiger partial charge in [0.15, 0.2) is 5.78 Å². The third-order valence-electron chi connectivity index (χ3n) is 5.27. The Hall–Kier alpha value is -2.99. The van der Waals surface area contributed by atoms with Crippen LogP contribution in [0.15, 0.2) is 69.9 Å². The number of para-hydroxylation sites is 2. The minimum Gasteiger partial charge on any atom is -0.321 e. The lowest BCUT2D eigenvalue weighted by atomic mass is 9.75. The predicted molar refractivity (Wildman–Crippen MR) is 121 cm³/mol. The quantitative estimate of drug-likeness (QED) is 0.592. The van der Waals surface area contributed by atoms with Crippen molar-refractivity contribution in [1.82, 2.24) is 4.57 Å². The van der Waals surface area contributed by atoms with Gasteiger partial charge in [0.1, 0.15) is 5.56 Å². The summed E-state index contributed by atoms with van der Waals surface area (Å²) in [6.07, 6.45) is 0.947. The van der Waals surface area contributed by atoms with Crippen molar-refractivity contribution in [2.24, 2.45) is 5.41 Å². The average Bonchev–Trinajstić information content (AvgIpc) is 2.69. The largest absolute Gasteiger partial charge is 0.321 e. The minimum absolute atomic E-state index is 0.0542. The molecule has 5 nitrogen and oxygen atoms in total. The Morgan fingerprint density at radius 2 is 1.67 bits per heavy atom. The highest BCUT2D eigenvalue weighted by atomic mass is 79.9. The number of benzene rings is 2. The predicted octanol–water partition coefficient (Wildman–Crippen LogP) is 5.01. The fraction of sp³-hybridized carbons (Fsp3) is 0.208. The van der Waals surface area contributed by atoms with Gasteiger partial charge >= 0.3 is 0 Å². The highest BCUT2D eigenvalue weighted by Crippen LogP contribution is 2.35. The molecule has 0 bridgehead atoms. The lowest BCUT2D eigenvalue weighted by Crippen LogP contribution is -2.37. The van der Waals surface area contributed by atoms with Gasteiger partial charge in [-0.05, 0) is 58.1 Å². The molecule has 6 heteroatoms. The van der Waals surface area contributed by atoms with E-state index in [4.69, 9.17) is 0 Å². The number of ketones is 1. The number of carbonyl (C=O) groups is 2. The lowest BCUT2D eigenvalue weighted by Gasteiger charge is -2.32. The van der Waals surface area contributed by atoms with Crippen LogP contribution in [0.3, 0.4) is 0 Å². The molecule has 1 aromatic heterocycles. The van der Waals surface area contributed by atoms with E-state index in [1.54, 1.807) is 18.2 Å². The van der Waals surface area contributed by atoms with E-state index >= 15 is 0 Å². The number of fused-ring (bicyclic) bond motifs is 1. The van der Waals surface area contributed by atoms with Crippen molar-refractivity contribution in [3.63, 3.8) is 0 Å². The first-order valence-corrected chi connectivity index (χ1v) is 10.5. The molecule has 0 atom stereocenters. The average molecular weight is 465 g/mol. The van der Waals surface area contributed by atoms with Gasteiger partial charge in [-0.15, -0.1) is 0 Å². The van der Waals surface area contributed by atoms with Crippen LogP contribution in [0, 0.1) is 5.41 Å². The summed E-state index contributed by atoms with van der Waals surface area (Å²) in [6, 6.07) is 17.8. The van der Waals surface area contributed by atoms with Gasteiger partial charge in [0.25, 0.3) is 11.5 Å². The number of Topliss-reactive ketones (excluding diaryl/α,β-unsaturated/α-hetero) is 1. The van der Waals surface area contributed by atoms with Crippen molar-refractivity contribution in [2.75, 3.05) is 5.32 Å². The highest BCUT2D eigenvalue weighted by molar-refractivity contribution is 9.10. The van der Waals surface area contributed by atoms with E-state index in [1.165, 1.54) is 10.6 Å². The van der Waals surface area contributed by atoms with Crippen LogP contribution in [-0.2, 0) is 6.42 Å². The third kappa shape index (κ3) is 3.75. The molecule has 0 fully saturated rings. The summed E-state index contributed by atoms with van der Waals surface area (Å²) in [7, 11) is 0. The van der Waals surface area contributed by atoms with Crippen molar-refractivity contribution in [2.45, 2.75) is 26.7 Å². The molecule has 0 aliphatic heterocycles. The standard InChI is InChI=1S/C24H21BrN2O3/c1-24(2)13-20-16(21(28)14-24)12-17(22(29)26-19-11-7-6-10-18(19)25)23(30)27(20)15-8-4-3-5-9-15/h3-12H,13-14H2,1-2H3,(H,26,29). The number of aromatic nitrogens is 1. The number of hydrogen-bond acceptors (Lipinski definition) is 3. The lowest BCUT2D eigenvalue weighted by molar-refractivity contribution is 0.0909. The summed E-state index contributed by atoms with van der Waals surface area (Å²) < 4.78 is 2.22. The molecule has 2 aromatic carbocycles. The number of nitrogens with zero attached hydrogens (tertiary/aromatic N) is 1. The van der Waals surface area contributed by atoms with Crippen LogP contribution >= 0.6 is 15.9 Å². The molecule has 0 spiro atoms. The number of carbonyl (C=O) groups excluding carboxylic acids is 2. The molecule has 0 saturated heterocycles. The molecular weight excluding hydrogens is 444 g/mol. The molecule has 1 N–H and O–H groups in total. The van der Waals surface area contributed by atoms with Crippen molar-refractivity contribution < 1.29 is 9.59 Å². The van der Waals surface area contributed by atoms with E-state index in [-0.39, 0.29) is 16.8 Å². The molecule has 4 rings (SSSR count). The van der Waals surface area contributed by atoms with Crippen LogP contribution in [0.25, 0.3) is 5.69 Å². The Bertz CT molecular complexity index is 1210. The van der Waals surface area contributed by atoms with Crippen LogP contribution < -0.4 is 10.9 Å². The fourth-order valence-corrected chi connectivity index (χ4v) is 4.26. The molecular formula is C24H21BrN2O3. The van der Waals surface area contributed by atoms with Gasteiger partial charge in [0.2, 0.25) is 0 Å². The maximum atomic E-state index is 13.5. The van der Waals surface area contributed by atoms with Crippen molar-refractivity contribution >= 4 is 33.3 Å². The van der Waals surface area contributed by atoms with Gasteiger partial charge in [0, 0.05) is 27.8 Å². The highest BCUT2D eigenvalue weighted by Gasteiger charge is 2.35. The molecule has 30 heavy (non-hydrogen) atoms. The van der Waals surface area contributed by atoms with E-state index in [9.17, 15) is 14.4 Å². The third-order valence-corrected chi connectivity index (χ3v) is 5.96. The monoisotopic (exact) mass is 464 g/mol. The summed E-state index contributed by atoms with van der Waals surface area (Å²) in [5.74, 6) is -0.599. The van der Waals surface area contributed by atoms with Gasteiger partial charge in [-0.1, -0.05) is 44.2 Å². The van der Waals surface area contributed by atoms with Gasteiger partial charge in [-0.2, -0.15) is 0 Å². The Kier molecular flexibility index (Phi) is 5.20. The maximum Gasteiger partial charge on any atom is 0.268 e. The first-order chi connectivity index (χ1) is 14.3. The van der Waals surface area contributed by atoms with E-state index in [1.807, 2.05) is 50.2 Å². The number of amides is 1. The Labute approximate surface area is 182 Å². The van der Waals surface area contributed by atoms with Crippen molar-refractivity contribution in [3.05, 3.63) is 92.3 Å². The van der Waals surface area contributed by atoms with Crippen LogP contribution in [0.5, 0.6) is 0 Å². The van der Waals surface area contributed by atoms with Gasteiger partial charge in [0.05, 0.1) is 5.69 Å². The van der Waals surface area contributed by atoms with Crippen LogP contribution in [-0.4, -0.2) is 16.3 Å². The number of rotatable bonds is 3. The zero-order valence-electron chi connectivity index (χ0n) is 16.7. The first-order valence-electron chi connectivity index (χ1n) is 9.70. The van der Waals surface area contributed by atoms with E-state index in [0.29, 0.717) is 39.9 Å². The van der Waals surface area contributed by atoms with E-state index < -0.39 is 11.5 Å². The molecule has 1 aliphatic carbocycles. The van der Waals surface area contributed by atoms with Crippen LogP contribution in [0.2, 0.25) is 0 Å². The Morgan fingerprint density at radius 3 is 2.37 bits per heavy atom. The van der Waals surface area contributed by atoms with Gasteiger partial charge in [-0.25, -0.2) is 0 Å². The van der Waals surface area contributed by atoms with Crippen LogP contribution in [0.4, 0.5) is 5.69 Å². The smallest absolute Gasteiger partial charge is 0.268 e. The van der Waals surface area contributed by atoms with Crippen LogP contribution in [0.1, 0.15) is 46.7 Å². The van der Waals surface area contributed by atoms with E-state index in [0.717, 1.165) is 0 Å². The zero-order chi connectivity index (χ0) is 21.5. The SMILES string of the molecule is CC1(C)CC(=O)c2cc(C(=O)Nc3ccccc3Br)c(=O)n(-c3ccccc3)c2C1. The first kappa shape index (κ1) is 20.3. The van der Waals surface area contributed by atoms with Gasteiger partial charge in [-0.3, -0.25) is 19.0 Å². The summed E-state index contributed by atoms with van der Waals surface area (Å²) >= 11 is 3.40. The topological polar surface area (TPSA) is 68.2 Å². The molecule has 3 aromatic rings. The second kappa shape index (κ2) is 7.69. The summed E-state index contributed by atoms with van der Waals surface area (Å²) in [6.45, 7) is 4.03. The summed E-state index contributed by atoms with van der Waals surface area (Å²) in [5, 5.41) is 2.77. The molecule has 1 amide bonds. The summed E-state index contributed by atoms with van der Waals surface area (Å²) in [5.41, 5.74) is 1.54. The van der Waals surface area contributed by atoms with Gasteiger partial charge < -0.3 is 5.32 Å². The zero-order valence-corrected chi connectivity index (χ0v) is 18.3. The molecule has 1 heterocycles. The number of nitrogens with one attached hydrogen (secondary N) is 1. The number of hydrogen-bond donors (Lipinski definition) is 1. The molecule has 0 radical (unpaired) electrons. The van der Waals surface area contributed by atoms with Crippen molar-refractivity contribution in [3.8, 4) is 5.69 Å². The molecule has 0 saturated carbocycles. The summed E-state index contributed by atoms with van der Waals surface area (Å²) in [4.78, 5) is 39.4. The Balaban J connectivity index is 1.90. The second-order valence-electron chi connectivity index (χ2n) is 8.27.